The van der Waals surface area contributed by atoms with Crippen LogP contribution >= 0.6 is 0 Å². The van der Waals surface area contributed by atoms with Gasteiger partial charge in [-0.05, 0) is 61.7 Å². The molecule has 2 aliphatic heterocycles. The Hall–Kier alpha value is -3.06. The van der Waals surface area contributed by atoms with Crippen LogP contribution in [0.4, 0.5) is 14.5 Å². The number of amides is 2. The fourth-order valence-electron chi connectivity index (χ4n) is 4.81. The molecule has 2 aromatic carbocycles. The molecule has 5 nitrogen and oxygen atoms in total. The van der Waals surface area contributed by atoms with E-state index in [1.54, 1.807) is 19.1 Å². The zero-order valence-corrected chi connectivity index (χ0v) is 16.7. The normalized spacial score (nSPS) is 22.2. The third-order valence-corrected chi connectivity index (χ3v) is 6.30. The first-order valence-corrected chi connectivity index (χ1v) is 10.0. The topological polar surface area (TPSA) is 56.4 Å². The molecule has 0 spiro atoms. The van der Waals surface area contributed by atoms with E-state index in [9.17, 15) is 18.4 Å². The number of H-pyrrole nitrogens is 1. The van der Waals surface area contributed by atoms with Crippen LogP contribution in [0.15, 0.2) is 36.4 Å². The van der Waals surface area contributed by atoms with E-state index in [0.717, 1.165) is 32.6 Å². The number of anilines is 1. The molecule has 5 rings (SSSR count). The summed E-state index contributed by atoms with van der Waals surface area (Å²) in [6, 6.07) is 8.34. The van der Waals surface area contributed by atoms with Crippen molar-refractivity contribution >= 4 is 28.4 Å². The van der Waals surface area contributed by atoms with Crippen LogP contribution < -0.4 is 4.90 Å². The minimum Gasteiger partial charge on any atom is -0.357 e. The zero-order chi connectivity index (χ0) is 21.2. The van der Waals surface area contributed by atoms with E-state index in [2.05, 4.69) is 4.98 Å². The second-order valence-corrected chi connectivity index (χ2v) is 8.11. The van der Waals surface area contributed by atoms with Crippen LogP contribution in [0, 0.1) is 18.6 Å². The summed E-state index contributed by atoms with van der Waals surface area (Å²) in [4.78, 5) is 32.1. The average molecular weight is 409 g/mol. The maximum Gasteiger partial charge on any atom is 0.251 e. The van der Waals surface area contributed by atoms with Crippen molar-refractivity contribution in [2.24, 2.45) is 0 Å². The number of hydrogen-bond donors (Lipinski definition) is 1. The largest absolute Gasteiger partial charge is 0.357 e. The van der Waals surface area contributed by atoms with E-state index in [1.165, 1.54) is 24.3 Å². The molecule has 2 aliphatic rings. The number of nitrogens with zero attached hydrogens (tertiary/aromatic N) is 2. The molecule has 1 saturated heterocycles. The first-order valence-electron chi connectivity index (χ1n) is 10.0. The molecule has 0 saturated carbocycles. The summed E-state index contributed by atoms with van der Waals surface area (Å²) in [5.41, 5.74) is 3.56. The molecule has 2 atom stereocenters. The van der Waals surface area contributed by atoms with Gasteiger partial charge in [0.25, 0.3) is 5.91 Å². The molecular weight excluding hydrogens is 388 g/mol. The first-order chi connectivity index (χ1) is 14.3. The molecule has 2 amide bonds. The second kappa shape index (κ2) is 6.74. The molecule has 0 aliphatic carbocycles. The van der Waals surface area contributed by atoms with Crippen molar-refractivity contribution in [2.45, 2.75) is 38.8 Å². The third kappa shape index (κ3) is 2.76. The molecule has 2 unspecified atom stereocenters. The van der Waals surface area contributed by atoms with Gasteiger partial charge in [0, 0.05) is 29.2 Å². The smallest absolute Gasteiger partial charge is 0.251 e. The Kier molecular flexibility index (Phi) is 4.25. The van der Waals surface area contributed by atoms with Crippen LogP contribution in [0.1, 0.15) is 36.2 Å². The van der Waals surface area contributed by atoms with Crippen LogP contribution in [0.5, 0.6) is 0 Å². The summed E-state index contributed by atoms with van der Waals surface area (Å²) in [6.45, 7) is 4.28. The van der Waals surface area contributed by atoms with Gasteiger partial charge in [0.05, 0.1) is 18.2 Å². The number of fused-ring (bicyclic) bond motifs is 3. The van der Waals surface area contributed by atoms with E-state index in [-0.39, 0.29) is 24.0 Å². The molecule has 30 heavy (non-hydrogen) atoms. The highest BCUT2D eigenvalue weighted by Crippen LogP contribution is 2.38. The Balaban J connectivity index is 1.47. The van der Waals surface area contributed by atoms with Gasteiger partial charge in [-0.25, -0.2) is 13.7 Å². The molecule has 1 N–H and O–H groups in total. The Morgan fingerprint density at radius 2 is 1.90 bits per heavy atom. The minimum absolute atomic E-state index is 0.00420. The van der Waals surface area contributed by atoms with Crippen molar-refractivity contribution in [3.63, 3.8) is 0 Å². The Morgan fingerprint density at radius 1 is 1.10 bits per heavy atom. The summed E-state index contributed by atoms with van der Waals surface area (Å²) in [6.07, 6.45) is 0.653. The van der Waals surface area contributed by atoms with Crippen LogP contribution in [0.25, 0.3) is 10.9 Å². The number of rotatable bonds is 2. The standard InChI is InChI=1S/C23H21F2N3O2/c1-12-3-6-19(17(25)9-12)28-21(29)11-20(23(28)30)27-8-7-15-16-10-14(24)4-5-18(16)26-22(15)13(27)2/h3-6,9-10,13,20,26H,7-8,11H2,1-2H3. The Bertz CT molecular complexity index is 1200. The van der Waals surface area contributed by atoms with E-state index in [1.807, 2.05) is 11.8 Å². The van der Waals surface area contributed by atoms with Gasteiger partial charge in [0.15, 0.2) is 0 Å². The molecule has 3 heterocycles. The summed E-state index contributed by atoms with van der Waals surface area (Å²) >= 11 is 0. The van der Waals surface area contributed by atoms with Gasteiger partial charge in [0.2, 0.25) is 5.91 Å². The summed E-state index contributed by atoms with van der Waals surface area (Å²) in [5.74, 6) is -1.67. The van der Waals surface area contributed by atoms with Crippen molar-refractivity contribution in [2.75, 3.05) is 11.4 Å². The van der Waals surface area contributed by atoms with E-state index in [4.69, 9.17) is 0 Å². The van der Waals surface area contributed by atoms with Gasteiger partial charge in [-0.1, -0.05) is 6.07 Å². The summed E-state index contributed by atoms with van der Waals surface area (Å²) < 4.78 is 28.2. The summed E-state index contributed by atoms with van der Waals surface area (Å²) in [7, 11) is 0. The number of hydrogen-bond acceptors (Lipinski definition) is 3. The number of carbonyl (C=O) groups is 2. The molecule has 154 valence electrons. The fourth-order valence-corrected chi connectivity index (χ4v) is 4.81. The van der Waals surface area contributed by atoms with Gasteiger partial charge in [-0.15, -0.1) is 0 Å². The van der Waals surface area contributed by atoms with Gasteiger partial charge in [-0.2, -0.15) is 0 Å². The van der Waals surface area contributed by atoms with Crippen LogP contribution in [-0.2, 0) is 16.0 Å². The molecule has 1 fully saturated rings. The van der Waals surface area contributed by atoms with Gasteiger partial charge < -0.3 is 4.98 Å². The SMILES string of the molecule is Cc1ccc(N2C(=O)CC(N3CCc4c([nH]c5ccc(F)cc45)C3C)C2=O)c(F)c1. The maximum absolute atomic E-state index is 14.4. The molecule has 1 aromatic heterocycles. The third-order valence-electron chi connectivity index (χ3n) is 6.30. The predicted molar refractivity (Wildman–Crippen MR) is 109 cm³/mol. The fraction of sp³-hybridized carbons (Fsp3) is 0.304. The Labute approximate surface area is 172 Å². The molecular formula is C23H21F2N3O2. The molecule has 0 bridgehead atoms. The quantitative estimate of drug-likeness (QED) is 0.651. The van der Waals surface area contributed by atoms with E-state index in [0.29, 0.717) is 13.0 Å². The van der Waals surface area contributed by atoms with E-state index >= 15 is 0 Å². The number of imide groups is 1. The highest BCUT2D eigenvalue weighted by atomic mass is 19.1. The van der Waals surface area contributed by atoms with Crippen molar-refractivity contribution < 1.29 is 18.4 Å². The van der Waals surface area contributed by atoms with Gasteiger partial charge in [0.1, 0.15) is 11.6 Å². The van der Waals surface area contributed by atoms with Crippen molar-refractivity contribution in [1.82, 2.24) is 9.88 Å². The lowest BCUT2D eigenvalue weighted by Gasteiger charge is -2.36. The van der Waals surface area contributed by atoms with Crippen molar-refractivity contribution in [1.29, 1.82) is 0 Å². The van der Waals surface area contributed by atoms with Gasteiger partial charge in [-0.3, -0.25) is 14.5 Å². The number of carbonyl (C=O) groups excluding carboxylic acids is 2. The molecule has 7 heteroatoms. The first kappa shape index (κ1) is 18.9. The lowest BCUT2D eigenvalue weighted by Crippen LogP contribution is -2.46. The second-order valence-electron chi connectivity index (χ2n) is 8.11. The zero-order valence-electron chi connectivity index (χ0n) is 16.7. The van der Waals surface area contributed by atoms with Crippen LogP contribution in [-0.4, -0.2) is 34.3 Å². The maximum atomic E-state index is 14.4. The number of aryl methyl sites for hydroxylation is 1. The summed E-state index contributed by atoms with van der Waals surface area (Å²) in [5, 5.41) is 0.855. The van der Waals surface area contributed by atoms with Crippen LogP contribution in [0.3, 0.4) is 0 Å². The number of aromatic nitrogens is 1. The van der Waals surface area contributed by atoms with E-state index < -0.39 is 23.7 Å². The molecule has 0 radical (unpaired) electrons. The lowest BCUT2D eigenvalue weighted by molar-refractivity contribution is -0.123. The van der Waals surface area contributed by atoms with Crippen molar-refractivity contribution in [3.05, 3.63) is 64.9 Å². The minimum atomic E-state index is -0.649. The number of halogens is 2. The Morgan fingerprint density at radius 3 is 2.67 bits per heavy atom. The highest BCUT2D eigenvalue weighted by molar-refractivity contribution is 6.22. The number of aromatic amines is 1. The van der Waals surface area contributed by atoms with Gasteiger partial charge >= 0.3 is 0 Å². The highest BCUT2D eigenvalue weighted by Gasteiger charge is 2.46. The number of nitrogens with one attached hydrogen (secondary N) is 1. The number of benzene rings is 2. The lowest BCUT2D eigenvalue weighted by atomic mass is 9.96. The molecule has 3 aromatic rings. The average Bonchev–Trinajstić information content (AvgIpc) is 3.20. The monoisotopic (exact) mass is 409 g/mol. The van der Waals surface area contributed by atoms with Crippen LogP contribution in [0.2, 0.25) is 0 Å². The van der Waals surface area contributed by atoms with Crippen molar-refractivity contribution in [3.8, 4) is 0 Å². The predicted octanol–water partition coefficient (Wildman–Crippen LogP) is 4.01.